The number of carbonyl (C=O) groups is 1. The summed E-state index contributed by atoms with van der Waals surface area (Å²) >= 11 is 9.41. The van der Waals surface area contributed by atoms with Gasteiger partial charge in [0.1, 0.15) is 5.82 Å². The van der Waals surface area contributed by atoms with Crippen LogP contribution in [0.4, 0.5) is 0 Å². The molecule has 0 unspecified atom stereocenters. The highest BCUT2D eigenvalue weighted by atomic mass is 79.9. The van der Waals surface area contributed by atoms with Crippen LogP contribution in [0.3, 0.4) is 0 Å². The monoisotopic (exact) mass is 363 g/mol. The summed E-state index contributed by atoms with van der Waals surface area (Å²) in [6.07, 6.45) is 0. The molecule has 0 aliphatic heterocycles. The zero-order valence-electron chi connectivity index (χ0n) is 10.9. The fourth-order valence-electron chi connectivity index (χ4n) is 2.03. The largest absolute Gasteiger partial charge is 0.345 e. The van der Waals surface area contributed by atoms with Gasteiger partial charge in [-0.05, 0) is 40.2 Å². The lowest BCUT2D eigenvalue weighted by Crippen LogP contribution is -2.23. The number of fused-ring (bicyclic) bond motifs is 1. The molecule has 1 amide bonds. The number of halogens is 2. The zero-order chi connectivity index (χ0) is 14.8. The number of hydrogen-bond donors (Lipinski definition) is 2. The number of benzene rings is 2. The third-order valence-corrected chi connectivity index (χ3v) is 4.35. The van der Waals surface area contributed by atoms with Crippen LogP contribution in [-0.2, 0) is 6.54 Å². The topological polar surface area (TPSA) is 57.8 Å². The van der Waals surface area contributed by atoms with E-state index in [1.165, 1.54) is 0 Å². The average molecular weight is 365 g/mol. The van der Waals surface area contributed by atoms with E-state index in [0.717, 1.165) is 11.0 Å². The van der Waals surface area contributed by atoms with Crippen LogP contribution < -0.4 is 5.32 Å². The fraction of sp³-hybridized carbons (Fsp3) is 0.0667. The summed E-state index contributed by atoms with van der Waals surface area (Å²) in [4.78, 5) is 19.7. The highest BCUT2D eigenvalue weighted by Gasteiger charge is 2.12. The smallest absolute Gasteiger partial charge is 0.253 e. The van der Waals surface area contributed by atoms with Crippen LogP contribution in [0.2, 0.25) is 5.02 Å². The minimum atomic E-state index is -0.234. The molecule has 6 heteroatoms. The number of aromatic amines is 1. The predicted molar refractivity (Wildman–Crippen MR) is 86.4 cm³/mol. The van der Waals surface area contributed by atoms with Crippen molar-refractivity contribution in [3.8, 4) is 0 Å². The molecular weight excluding hydrogens is 354 g/mol. The predicted octanol–water partition coefficient (Wildman–Crippen LogP) is 3.91. The minimum absolute atomic E-state index is 0.234. The Balaban J connectivity index is 1.75. The van der Waals surface area contributed by atoms with E-state index in [0.29, 0.717) is 27.4 Å². The summed E-state index contributed by atoms with van der Waals surface area (Å²) in [5, 5.41) is 3.21. The lowest BCUT2D eigenvalue weighted by atomic mass is 10.2. The second-order valence-electron chi connectivity index (χ2n) is 4.48. The van der Waals surface area contributed by atoms with E-state index in [2.05, 4.69) is 31.2 Å². The van der Waals surface area contributed by atoms with Crippen molar-refractivity contribution in [2.75, 3.05) is 0 Å². The molecule has 0 spiro atoms. The maximum atomic E-state index is 12.1. The SMILES string of the molecule is O=C(NCc1nc2ccccc2[nH]1)c1cccc(Br)c1Cl. The molecule has 0 atom stereocenters. The lowest BCUT2D eigenvalue weighted by molar-refractivity contribution is 0.0950. The van der Waals surface area contributed by atoms with E-state index in [1.807, 2.05) is 24.3 Å². The lowest BCUT2D eigenvalue weighted by Gasteiger charge is -2.06. The number of hydrogen-bond acceptors (Lipinski definition) is 2. The number of nitrogens with one attached hydrogen (secondary N) is 2. The Morgan fingerprint density at radius 3 is 2.86 bits per heavy atom. The van der Waals surface area contributed by atoms with E-state index in [4.69, 9.17) is 11.6 Å². The normalized spacial score (nSPS) is 10.8. The van der Waals surface area contributed by atoms with E-state index in [9.17, 15) is 4.79 Å². The number of rotatable bonds is 3. The van der Waals surface area contributed by atoms with Crippen molar-refractivity contribution in [2.24, 2.45) is 0 Å². The summed E-state index contributed by atoms with van der Waals surface area (Å²) in [6.45, 7) is 0.316. The average Bonchev–Trinajstić information content (AvgIpc) is 2.90. The Labute approximate surface area is 134 Å². The molecule has 0 saturated heterocycles. The van der Waals surface area contributed by atoms with E-state index in [-0.39, 0.29) is 5.91 Å². The number of para-hydroxylation sites is 2. The Bertz CT molecular complexity index is 783. The van der Waals surface area contributed by atoms with Gasteiger partial charge in [0, 0.05) is 4.47 Å². The second-order valence-corrected chi connectivity index (χ2v) is 5.72. The number of aromatic nitrogens is 2. The second kappa shape index (κ2) is 5.87. The van der Waals surface area contributed by atoms with Crippen molar-refractivity contribution in [3.63, 3.8) is 0 Å². The molecule has 0 aliphatic carbocycles. The maximum Gasteiger partial charge on any atom is 0.253 e. The first-order valence-corrected chi connectivity index (χ1v) is 7.48. The van der Waals surface area contributed by atoms with E-state index in [1.54, 1.807) is 18.2 Å². The fourth-order valence-corrected chi connectivity index (χ4v) is 2.61. The number of H-pyrrole nitrogens is 1. The Morgan fingerprint density at radius 2 is 2.05 bits per heavy atom. The molecule has 1 aromatic heterocycles. The van der Waals surface area contributed by atoms with Crippen LogP contribution >= 0.6 is 27.5 Å². The molecule has 4 nitrogen and oxygen atoms in total. The minimum Gasteiger partial charge on any atom is -0.345 e. The molecule has 0 aliphatic rings. The molecule has 0 bridgehead atoms. The van der Waals surface area contributed by atoms with Crippen LogP contribution in [0.5, 0.6) is 0 Å². The van der Waals surface area contributed by atoms with Gasteiger partial charge >= 0.3 is 0 Å². The summed E-state index contributed by atoms with van der Waals surface area (Å²) in [5.41, 5.74) is 2.26. The first kappa shape index (κ1) is 14.1. The van der Waals surface area contributed by atoms with Crippen molar-refractivity contribution in [3.05, 3.63) is 63.3 Å². The Morgan fingerprint density at radius 1 is 1.24 bits per heavy atom. The van der Waals surface area contributed by atoms with Gasteiger partial charge in [-0.15, -0.1) is 0 Å². The van der Waals surface area contributed by atoms with Crippen LogP contribution in [-0.4, -0.2) is 15.9 Å². The van der Waals surface area contributed by atoms with Gasteiger partial charge in [0.15, 0.2) is 0 Å². The zero-order valence-corrected chi connectivity index (χ0v) is 13.2. The molecule has 3 aromatic rings. The van der Waals surface area contributed by atoms with Gasteiger partial charge in [-0.25, -0.2) is 4.98 Å². The summed E-state index contributed by atoms with van der Waals surface area (Å²) < 4.78 is 0.695. The van der Waals surface area contributed by atoms with Gasteiger partial charge in [0.2, 0.25) is 0 Å². The molecule has 106 valence electrons. The molecule has 0 fully saturated rings. The molecular formula is C15H11BrClN3O. The summed E-state index contributed by atoms with van der Waals surface area (Å²) in [7, 11) is 0. The van der Waals surface area contributed by atoms with Crippen LogP contribution in [0.15, 0.2) is 46.9 Å². The molecule has 0 radical (unpaired) electrons. The molecule has 2 aromatic carbocycles. The van der Waals surface area contributed by atoms with Gasteiger partial charge in [0.25, 0.3) is 5.91 Å². The van der Waals surface area contributed by atoms with Gasteiger partial charge in [0.05, 0.1) is 28.2 Å². The first-order chi connectivity index (χ1) is 10.1. The molecule has 2 N–H and O–H groups in total. The number of carbonyl (C=O) groups excluding carboxylic acids is 1. The Hall–Kier alpha value is -1.85. The summed E-state index contributed by atoms with van der Waals surface area (Å²) in [5.74, 6) is 0.470. The summed E-state index contributed by atoms with van der Waals surface area (Å²) in [6, 6.07) is 13.0. The van der Waals surface area contributed by atoms with Crippen LogP contribution in [0, 0.1) is 0 Å². The van der Waals surface area contributed by atoms with E-state index >= 15 is 0 Å². The van der Waals surface area contributed by atoms with Crippen molar-refractivity contribution in [1.82, 2.24) is 15.3 Å². The Kier molecular flexibility index (Phi) is 3.94. The number of nitrogens with zero attached hydrogens (tertiary/aromatic N) is 1. The number of amides is 1. The standard InChI is InChI=1S/C15H11BrClN3O/c16-10-5-3-4-9(14(10)17)15(21)18-8-13-19-11-6-1-2-7-12(11)20-13/h1-7H,8H2,(H,18,21)(H,19,20). The van der Waals surface area contributed by atoms with Gasteiger partial charge in [-0.2, -0.15) is 0 Å². The molecule has 21 heavy (non-hydrogen) atoms. The maximum absolute atomic E-state index is 12.1. The van der Waals surface area contributed by atoms with E-state index < -0.39 is 0 Å². The molecule has 0 saturated carbocycles. The molecule has 3 rings (SSSR count). The highest BCUT2D eigenvalue weighted by molar-refractivity contribution is 9.10. The van der Waals surface area contributed by atoms with Gasteiger partial charge < -0.3 is 10.3 Å². The van der Waals surface area contributed by atoms with Crippen molar-refractivity contribution in [2.45, 2.75) is 6.54 Å². The van der Waals surface area contributed by atoms with Gasteiger partial charge in [-0.1, -0.05) is 29.8 Å². The third kappa shape index (κ3) is 2.94. The molecule has 1 heterocycles. The van der Waals surface area contributed by atoms with Crippen molar-refractivity contribution < 1.29 is 4.79 Å². The van der Waals surface area contributed by atoms with Crippen molar-refractivity contribution in [1.29, 1.82) is 0 Å². The van der Waals surface area contributed by atoms with Gasteiger partial charge in [-0.3, -0.25) is 4.79 Å². The van der Waals surface area contributed by atoms with Crippen LogP contribution in [0.1, 0.15) is 16.2 Å². The quantitative estimate of drug-likeness (QED) is 0.740. The number of imidazole rings is 1. The highest BCUT2D eigenvalue weighted by Crippen LogP contribution is 2.25. The van der Waals surface area contributed by atoms with Crippen molar-refractivity contribution >= 4 is 44.5 Å². The first-order valence-electron chi connectivity index (χ1n) is 6.31. The third-order valence-electron chi connectivity index (χ3n) is 3.05. The van der Waals surface area contributed by atoms with Crippen LogP contribution in [0.25, 0.3) is 11.0 Å².